The molecule has 1 unspecified atom stereocenters. The monoisotopic (exact) mass is 429 g/mol. The van der Waals surface area contributed by atoms with Crippen LogP contribution in [0.25, 0.3) is 21.8 Å². The normalized spacial score (nSPS) is 12.6. The molecule has 2 aromatic heterocycles. The quantitative estimate of drug-likeness (QED) is 0.387. The molecule has 0 spiro atoms. The summed E-state index contributed by atoms with van der Waals surface area (Å²) in [5.74, 6) is 0. The van der Waals surface area contributed by atoms with Gasteiger partial charge < -0.3 is 10.4 Å². The molecular weight excluding hydrogens is 402 g/mol. The highest BCUT2D eigenvalue weighted by Crippen LogP contribution is 2.29. The van der Waals surface area contributed by atoms with E-state index in [1.54, 1.807) is 23.7 Å². The Morgan fingerprint density at radius 2 is 1.74 bits per heavy atom. The van der Waals surface area contributed by atoms with Crippen molar-refractivity contribution in [2.75, 3.05) is 6.54 Å². The fourth-order valence-corrected chi connectivity index (χ4v) is 4.38. The van der Waals surface area contributed by atoms with Gasteiger partial charge in [0.2, 0.25) is 0 Å². The summed E-state index contributed by atoms with van der Waals surface area (Å²) >= 11 is 1.67. The van der Waals surface area contributed by atoms with Gasteiger partial charge in [-0.25, -0.2) is 4.98 Å². The summed E-state index contributed by atoms with van der Waals surface area (Å²) in [6, 6.07) is 22.6. The van der Waals surface area contributed by atoms with E-state index in [-0.39, 0.29) is 5.54 Å². The van der Waals surface area contributed by atoms with Crippen LogP contribution in [0.2, 0.25) is 0 Å². The highest BCUT2D eigenvalue weighted by Gasteiger charge is 2.20. The van der Waals surface area contributed by atoms with Crippen molar-refractivity contribution in [3.05, 3.63) is 95.6 Å². The van der Waals surface area contributed by atoms with Gasteiger partial charge in [-0.1, -0.05) is 60.7 Å². The molecular formula is C26H27N3OS. The molecule has 31 heavy (non-hydrogen) atoms. The molecule has 0 fully saturated rings. The molecule has 2 heterocycles. The van der Waals surface area contributed by atoms with Crippen molar-refractivity contribution in [1.29, 1.82) is 0 Å². The predicted molar refractivity (Wildman–Crippen MR) is 128 cm³/mol. The maximum absolute atomic E-state index is 10.4. The van der Waals surface area contributed by atoms with E-state index in [1.165, 1.54) is 5.56 Å². The van der Waals surface area contributed by atoms with Crippen LogP contribution in [-0.4, -0.2) is 27.2 Å². The number of aliphatic hydroxyl groups is 1. The number of nitrogens with zero attached hydrogens (tertiary/aromatic N) is 2. The van der Waals surface area contributed by atoms with Gasteiger partial charge in [-0.3, -0.25) is 4.98 Å². The van der Waals surface area contributed by atoms with Gasteiger partial charge in [0.05, 0.1) is 11.8 Å². The van der Waals surface area contributed by atoms with Crippen molar-refractivity contribution < 1.29 is 5.11 Å². The number of thiazole rings is 1. The predicted octanol–water partition coefficient (Wildman–Crippen LogP) is 5.52. The molecule has 0 aliphatic carbocycles. The van der Waals surface area contributed by atoms with Crippen molar-refractivity contribution >= 4 is 11.3 Å². The first-order valence-corrected chi connectivity index (χ1v) is 11.3. The van der Waals surface area contributed by atoms with Gasteiger partial charge in [-0.2, -0.15) is 0 Å². The van der Waals surface area contributed by atoms with Crippen LogP contribution in [0, 0.1) is 0 Å². The van der Waals surface area contributed by atoms with Crippen molar-refractivity contribution in [2.45, 2.75) is 31.9 Å². The minimum Gasteiger partial charge on any atom is -0.387 e. The standard InChI is InChI=1S/C26H27N3OS/c1-26(2,28-17-24(30)22-9-6-14-27-16-22)15-19-10-12-20(13-11-19)23-18-31-25(29-23)21-7-4-3-5-8-21/h3-14,16,18,24,28,30H,15,17H2,1-2H3. The lowest BCUT2D eigenvalue weighted by Gasteiger charge is -2.28. The Hall–Kier alpha value is -2.86. The summed E-state index contributed by atoms with van der Waals surface area (Å²) < 4.78 is 0. The van der Waals surface area contributed by atoms with Crippen LogP contribution in [0.15, 0.2) is 84.5 Å². The first-order valence-electron chi connectivity index (χ1n) is 10.4. The van der Waals surface area contributed by atoms with Crippen LogP contribution >= 0.6 is 11.3 Å². The van der Waals surface area contributed by atoms with Crippen LogP contribution < -0.4 is 5.32 Å². The third kappa shape index (κ3) is 5.64. The van der Waals surface area contributed by atoms with Gasteiger partial charge >= 0.3 is 0 Å². The number of benzene rings is 2. The Kier molecular flexibility index (Phi) is 6.56. The SMILES string of the molecule is CC(C)(Cc1ccc(-c2csc(-c3ccccc3)n2)cc1)NCC(O)c1cccnc1. The third-order valence-corrected chi connectivity index (χ3v) is 6.16. The van der Waals surface area contributed by atoms with E-state index in [2.05, 4.69) is 65.9 Å². The first kappa shape index (κ1) is 21.4. The fraction of sp³-hybridized carbons (Fsp3) is 0.231. The number of rotatable bonds is 8. The number of pyridine rings is 1. The zero-order chi connectivity index (χ0) is 21.7. The molecule has 0 bridgehead atoms. The Balaban J connectivity index is 1.37. The first-order chi connectivity index (χ1) is 15.0. The molecule has 0 saturated heterocycles. The largest absolute Gasteiger partial charge is 0.387 e. The lowest BCUT2D eigenvalue weighted by atomic mass is 9.93. The van der Waals surface area contributed by atoms with Gasteiger partial charge in [-0.05, 0) is 31.9 Å². The number of nitrogens with one attached hydrogen (secondary N) is 1. The van der Waals surface area contributed by atoms with Crippen LogP contribution in [0.5, 0.6) is 0 Å². The van der Waals surface area contributed by atoms with E-state index in [9.17, 15) is 5.11 Å². The second-order valence-corrected chi connectivity index (χ2v) is 9.20. The molecule has 4 rings (SSSR count). The van der Waals surface area contributed by atoms with Gasteiger partial charge in [0.15, 0.2) is 0 Å². The van der Waals surface area contributed by atoms with Gasteiger partial charge in [0.25, 0.3) is 0 Å². The summed E-state index contributed by atoms with van der Waals surface area (Å²) in [6.07, 6.45) is 3.71. The molecule has 2 N–H and O–H groups in total. The van der Waals surface area contributed by atoms with E-state index in [1.807, 2.05) is 30.3 Å². The van der Waals surface area contributed by atoms with Crippen molar-refractivity contribution in [3.8, 4) is 21.8 Å². The molecule has 4 nitrogen and oxygen atoms in total. The molecule has 158 valence electrons. The van der Waals surface area contributed by atoms with Crippen LogP contribution in [0.3, 0.4) is 0 Å². The second-order valence-electron chi connectivity index (χ2n) is 8.34. The zero-order valence-electron chi connectivity index (χ0n) is 17.8. The van der Waals surface area contributed by atoms with Crippen LogP contribution in [-0.2, 0) is 6.42 Å². The van der Waals surface area contributed by atoms with Crippen molar-refractivity contribution in [2.24, 2.45) is 0 Å². The van der Waals surface area contributed by atoms with Gasteiger partial charge in [-0.15, -0.1) is 11.3 Å². The number of aliphatic hydroxyl groups excluding tert-OH is 1. The third-order valence-electron chi connectivity index (χ3n) is 5.26. The van der Waals surface area contributed by atoms with E-state index in [4.69, 9.17) is 4.98 Å². The Labute approximate surface area is 187 Å². The van der Waals surface area contributed by atoms with Crippen molar-refractivity contribution in [3.63, 3.8) is 0 Å². The highest BCUT2D eigenvalue weighted by atomic mass is 32.1. The molecule has 5 heteroatoms. The van der Waals surface area contributed by atoms with Crippen LogP contribution in [0.1, 0.15) is 31.1 Å². The molecule has 0 aliphatic heterocycles. The lowest BCUT2D eigenvalue weighted by Crippen LogP contribution is -2.43. The molecule has 0 radical (unpaired) electrons. The number of hydrogen-bond donors (Lipinski definition) is 2. The molecule has 0 amide bonds. The second kappa shape index (κ2) is 9.52. The number of β-amino-alcohol motifs (C(OH)–C–C–N with tert-alkyl or cyclic N) is 1. The molecule has 2 aromatic carbocycles. The molecule has 4 aromatic rings. The van der Waals surface area contributed by atoms with Crippen molar-refractivity contribution in [1.82, 2.24) is 15.3 Å². The maximum Gasteiger partial charge on any atom is 0.124 e. The lowest BCUT2D eigenvalue weighted by molar-refractivity contribution is 0.160. The van der Waals surface area contributed by atoms with Crippen LogP contribution in [0.4, 0.5) is 0 Å². The van der Waals surface area contributed by atoms with E-state index < -0.39 is 6.10 Å². The summed E-state index contributed by atoms with van der Waals surface area (Å²) in [5.41, 5.74) is 5.21. The minimum atomic E-state index is -0.571. The average molecular weight is 430 g/mol. The summed E-state index contributed by atoms with van der Waals surface area (Å²) in [6.45, 7) is 4.80. The molecule has 1 atom stereocenters. The molecule has 0 aliphatic rings. The Bertz CT molecular complexity index is 1090. The topological polar surface area (TPSA) is 58.0 Å². The van der Waals surface area contributed by atoms with Gasteiger partial charge in [0.1, 0.15) is 5.01 Å². The fourth-order valence-electron chi connectivity index (χ4n) is 3.55. The number of aromatic nitrogens is 2. The Morgan fingerprint density at radius 1 is 0.968 bits per heavy atom. The summed E-state index contributed by atoms with van der Waals surface area (Å²) in [4.78, 5) is 8.88. The minimum absolute atomic E-state index is 0.147. The average Bonchev–Trinajstić information content (AvgIpc) is 3.29. The maximum atomic E-state index is 10.4. The highest BCUT2D eigenvalue weighted by molar-refractivity contribution is 7.13. The van der Waals surface area contributed by atoms with Gasteiger partial charge in [0, 0.05) is 46.5 Å². The smallest absolute Gasteiger partial charge is 0.124 e. The zero-order valence-corrected chi connectivity index (χ0v) is 18.6. The summed E-state index contributed by atoms with van der Waals surface area (Å²) in [7, 11) is 0. The number of hydrogen-bond acceptors (Lipinski definition) is 5. The Morgan fingerprint density at radius 3 is 2.45 bits per heavy atom. The van der Waals surface area contributed by atoms with E-state index in [0.29, 0.717) is 6.54 Å². The van der Waals surface area contributed by atoms with E-state index >= 15 is 0 Å². The van der Waals surface area contributed by atoms with E-state index in [0.717, 1.165) is 33.8 Å². The molecule has 0 saturated carbocycles. The summed E-state index contributed by atoms with van der Waals surface area (Å²) in [5, 5.41) is 17.0.